The highest BCUT2D eigenvalue weighted by Crippen LogP contribution is 2.17. The Morgan fingerprint density at radius 2 is 2.21 bits per heavy atom. The van der Waals surface area contributed by atoms with Crippen LogP contribution in [-0.4, -0.2) is 15.6 Å². The third-order valence-electron chi connectivity index (χ3n) is 2.86. The molecule has 1 aromatic carbocycles. The molecular weight excluding hydrogens is 251 g/mol. The van der Waals surface area contributed by atoms with E-state index in [1.807, 2.05) is 6.07 Å². The lowest BCUT2D eigenvalue weighted by molar-refractivity contribution is 0.0695. The molecule has 2 aromatic rings. The van der Waals surface area contributed by atoms with Crippen molar-refractivity contribution in [2.75, 3.05) is 0 Å². The summed E-state index contributed by atoms with van der Waals surface area (Å²) in [4.78, 5) is 22.8. The lowest BCUT2D eigenvalue weighted by Crippen LogP contribution is -2.18. The topological polar surface area (TPSA) is 83.1 Å². The van der Waals surface area contributed by atoms with E-state index < -0.39 is 22.8 Å². The fraction of sp³-hybridized carbons (Fsp3) is 0.154. The second-order valence-corrected chi connectivity index (χ2v) is 4.08. The van der Waals surface area contributed by atoms with Crippen molar-refractivity contribution in [3.8, 4) is 6.07 Å². The maximum absolute atomic E-state index is 13.7. The minimum atomic E-state index is -1.36. The van der Waals surface area contributed by atoms with E-state index in [1.54, 1.807) is 7.05 Å². The first-order valence-corrected chi connectivity index (χ1v) is 5.37. The summed E-state index contributed by atoms with van der Waals surface area (Å²) in [5.74, 6) is -2.04. The van der Waals surface area contributed by atoms with Crippen LogP contribution in [0.3, 0.4) is 0 Å². The zero-order chi connectivity index (χ0) is 14.2. The number of pyridine rings is 1. The molecule has 0 saturated heterocycles. The van der Waals surface area contributed by atoms with Gasteiger partial charge in [0.1, 0.15) is 11.4 Å². The molecule has 0 unspecified atom stereocenters. The van der Waals surface area contributed by atoms with Gasteiger partial charge in [0.05, 0.1) is 18.0 Å². The van der Waals surface area contributed by atoms with Crippen molar-refractivity contribution in [2.24, 2.45) is 7.05 Å². The SMILES string of the molecule is Cn1cc(C(=O)O)c(=O)c2cc(F)c(CC#N)cc21. The summed E-state index contributed by atoms with van der Waals surface area (Å²) < 4.78 is 15.1. The summed E-state index contributed by atoms with van der Waals surface area (Å²) in [5, 5.41) is 17.5. The largest absolute Gasteiger partial charge is 0.477 e. The van der Waals surface area contributed by atoms with Crippen molar-refractivity contribution in [1.29, 1.82) is 5.26 Å². The lowest BCUT2D eigenvalue weighted by atomic mass is 10.1. The Labute approximate surface area is 107 Å². The van der Waals surface area contributed by atoms with E-state index in [2.05, 4.69) is 0 Å². The van der Waals surface area contributed by atoms with Crippen LogP contribution in [0.1, 0.15) is 15.9 Å². The molecule has 0 fully saturated rings. The molecule has 96 valence electrons. The highest BCUT2D eigenvalue weighted by molar-refractivity contribution is 5.92. The number of aromatic carboxylic acids is 1. The van der Waals surface area contributed by atoms with Crippen molar-refractivity contribution < 1.29 is 14.3 Å². The first-order valence-electron chi connectivity index (χ1n) is 5.37. The van der Waals surface area contributed by atoms with Gasteiger partial charge in [-0.25, -0.2) is 9.18 Å². The average molecular weight is 260 g/mol. The van der Waals surface area contributed by atoms with Gasteiger partial charge in [-0.2, -0.15) is 5.26 Å². The summed E-state index contributed by atoms with van der Waals surface area (Å²) in [6.45, 7) is 0. The number of nitrogens with zero attached hydrogens (tertiary/aromatic N) is 2. The van der Waals surface area contributed by atoms with Crippen LogP contribution in [0.4, 0.5) is 4.39 Å². The van der Waals surface area contributed by atoms with Gasteiger partial charge >= 0.3 is 5.97 Å². The number of carboxylic acids is 1. The Bertz CT molecular complexity index is 787. The predicted octanol–water partition coefficient (Wildman–Crippen LogP) is 1.44. The van der Waals surface area contributed by atoms with E-state index in [4.69, 9.17) is 10.4 Å². The van der Waals surface area contributed by atoms with Gasteiger partial charge in [-0.1, -0.05) is 0 Å². The number of carbonyl (C=O) groups is 1. The Morgan fingerprint density at radius 3 is 2.79 bits per heavy atom. The van der Waals surface area contributed by atoms with E-state index in [0.29, 0.717) is 5.52 Å². The van der Waals surface area contributed by atoms with Gasteiger partial charge in [0.2, 0.25) is 5.43 Å². The molecule has 19 heavy (non-hydrogen) atoms. The van der Waals surface area contributed by atoms with Crippen molar-refractivity contribution in [2.45, 2.75) is 6.42 Å². The monoisotopic (exact) mass is 260 g/mol. The lowest BCUT2D eigenvalue weighted by Gasteiger charge is -2.09. The fourth-order valence-electron chi connectivity index (χ4n) is 1.92. The first-order chi connectivity index (χ1) is 8.95. The Morgan fingerprint density at radius 1 is 1.53 bits per heavy atom. The molecule has 0 bridgehead atoms. The van der Waals surface area contributed by atoms with Gasteiger partial charge in [-0.05, 0) is 12.1 Å². The molecule has 5 nitrogen and oxygen atoms in total. The zero-order valence-electron chi connectivity index (χ0n) is 9.98. The van der Waals surface area contributed by atoms with Crippen LogP contribution in [0, 0.1) is 17.1 Å². The third-order valence-corrected chi connectivity index (χ3v) is 2.86. The van der Waals surface area contributed by atoms with Crippen LogP contribution >= 0.6 is 0 Å². The number of fused-ring (bicyclic) bond motifs is 1. The number of benzene rings is 1. The highest BCUT2D eigenvalue weighted by atomic mass is 19.1. The molecule has 0 radical (unpaired) electrons. The Hall–Kier alpha value is -2.68. The molecule has 0 atom stereocenters. The van der Waals surface area contributed by atoms with Gasteiger partial charge in [0, 0.05) is 24.2 Å². The number of hydrogen-bond donors (Lipinski definition) is 1. The Kier molecular flexibility index (Phi) is 3.05. The summed E-state index contributed by atoms with van der Waals surface area (Å²) in [6, 6.07) is 4.20. The molecule has 1 aromatic heterocycles. The maximum atomic E-state index is 13.7. The van der Waals surface area contributed by atoms with Crippen LogP contribution in [0.15, 0.2) is 23.1 Å². The van der Waals surface area contributed by atoms with Crippen LogP contribution in [0.25, 0.3) is 10.9 Å². The quantitative estimate of drug-likeness (QED) is 0.885. The number of rotatable bonds is 2. The van der Waals surface area contributed by atoms with E-state index in [0.717, 1.165) is 6.07 Å². The number of aromatic nitrogens is 1. The van der Waals surface area contributed by atoms with Gasteiger partial charge in [0.15, 0.2) is 0 Å². The van der Waals surface area contributed by atoms with E-state index in [1.165, 1.54) is 16.8 Å². The smallest absolute Gasteiger partial charge is 0.341 e. The molecule has 0 aliphatic rings. The molecule has 0 spiro atoms. The van der Waals surface area contributed by atoms with Crippen molar-refractivity contribution in [3.05, 3.63) is 45.5 Å². The molecule has 0 amide bonds. The first kappa shape index (κ1) is 12.8. The highest BCUT2D eigenvalue weighted by Gasteiger charge is 2.15. The molecule has 0 saturated carbocycles. The molecule has 2 rings (SSSR count). The normalized spacial score (nSPS) is 10.4. The minimum absolute atomic E-state index is 0.0124. The van der Waals surface area contributed by atoms with Crippen LogP contribution in [0.2, 0.25) is 0 Å². The van der Waals surface area contributed by atoms with Crippen molar-refractivity contribution in [1.82, 2.24) is 4.57 Å². The number of halogens is 1. The molecule has 0 aliphatic heterocycles. The fourth-order valence-corrected chi connectivity index (χ4v) is 1.92. The van der Waals surface area contributed by atoms with Crippen LogP contribution in [0.5, 0.6) is 0 Å². The Balaban J connectivity index is 2.88. The summed E-state index contributed by atoms with van der Waals surface area (Å²) in [7, 11) is 1.56. The van der Waals surface area contributed by atoms with Crippen LogP contribution < -0.4 is 5.43 Å². The molecule has 1 N–H and O–H groups in total. The molecule has 0 aliphatic carbocycles. The van der Waals surface area contributed by atoms with Crippen molar-refractivity contribution >= 4 is 16.9 Å². The second kappa shape index (κ2) is 4.53. The number of aryl methyl sites for hydroxylation is 1. The van der Waals surface area contributed by atoms with Gasteiger partial charge in [-0.3, -0.25) is 4.79 Å². The minimum Gasteiger partial charge on any atom is -0.477 e. The van der Waals surface area contributed by atoms with Gasteiger partial charge in [0.25, 0.3) is 0 Å². The number of hydrogen-bond acceptors (Lipinski definition) is 3. The standard InChI is InChI=1S/C13H9FN2O3/c1-16-6-9(13(18)19)12(17)8-5-10(14)7(2-3-15)4-11(8)16/h4-6H,2H2,1H3,(H,18,19). The molecule has 1 heterocycles. The van der Waals surface area contributed by atoms with Gasteiger partial charge < -0.3 is 9.67 Å². The summed E-state index contributed by atoms with van der Waals surface area (Å²) >= 11 is 0. The number of carboxylic acid groups (broad SMARTS) is 1. The van der Waals surface area contributed by atoms with E-state index in [9.17, 15) is 14.0 Å². The molecule has 6 heteroatoms. The average Bonchev–Trinajstić information content (AvgIpc) is 2.35. The predicted molar refractivity (Wildman–Crippen MR) is 65.4 cm³/mol. The van der Waals surface area contributed by atoms with E-state index >= 15 is 0 Å². The van der Waals surface area contributed by atoms with Crippen molar-refractivity contribution in [3.63, 3.8) is 0 Å². The zero-order valence-corrected chi connectivity index (χ0v) is 9.98. The number of nitriles is 1. The maximum Gasteiger partial charge on any atom is 0.341 e. The molecular formula is C13H9FN2O3. The summed E-state index contributed by atoms with van der Waals surface area (Å²) in [5.41, 5.74) is -0.583. The summed E-state index contributed by atoms with van der Waals surface area (Å²) in [6.07, 6.45) is 1.07. The third kappa shape index (κ3) is 2.06. The second-order valence-electron chi connectivity index (χ2n) is 4.08. The van der Waals surface area contributed by atoms with Gasteiger partial charge in [-0.15, -0.1) is 0 Å². The van der Waals surface area contributed by atoms with Crippen LogP contribution in [-0.2, 0) is 13.5 Å². The van der Waals surface area contributed by atoms with E-state index in [-0.39, 0.29) is 17.4 Å².